The van der Waals surface area contributed by atoms with Gasteiger partial charge in [0.15, 0.2) is 0 Å². The first-order chi connectivity index (χ1) is 15.4. The summed E-state index contributed by atoms with van der Waals surface area (Å²) in [6.45, 7) is 6.12. The summed E-state index contributed by atoms with van der Waals surface area (Å²) in [7, 11) is 0. The average Bonchev–Trinajstić information content (AvgIpc) is 3.05. The van der Waals surface area contributed by atoms with E-state index in [1.807, 2.05) is 5.57 Å². The molecule has 3 fully saturated rings. The van der Waals surface area contributed by atoms with E-state index in [4.69, 9.17) is 10.7 Å². The zero-order chi connectivity index (χ0) is 22.1. The number of rotatable bonds is 1. The van der Waals surface area contributed by atoms with Crippen molar-refractivity contribution in [3.8, 4) is 0 Å². The van der Waals surface area contributed by atoms with Gasteiger partial charge in [-0.05, 0) is 105 Å². The molecule has 0 aromatic carbocycles. The first kappa shape index (κ1) is 21.4. The Balaban J connectivity index is 1.28. The fourth-order valence-electron chi connectivity index (χ4n) is 9.88. The van der Waals surface area contributed by atoms with Crippen LogP contribution in [0, 0.1) is 46.3 Å². The molecule has 3 saturated carbocycles. The zero-order valence-electron chi connectivity index (χ0n) is 20.4. The SMILES string of the molecule is CC12CC[C@H](O)CC1=CCC1C2CC[C@]2(C)C(C3CCN=C(N)[C@@H]4CCCCC34)=CCC12. The second-order valence-electron chi connectivity index (χ2n) is 12.8. The molecule has 0 radical (unpaired) electrons. The molecule has 32 heavy (non-hydrogen) atoms. The number of nitrogens with two attached hydrogens (primary N) is 1. The molecule has 6 unspecified atom stereocenters. The maximum absolute atomic E-state index is 10.3. The van der Waals surface area contributed by atoms with Crippen LogP contribution in [0.25, 0.3) is 0 Å². The number of allylic oxidation sites excluding steroid dienone is 3. The number of aliphatic hydroxyl groups excluding tert-OH is 1. The van der Waals surface area contributed by atoms with Crippen LogP contribution in [-0.2, 0) is 0 Å². The summed E-state index contributed by atoms with van der Waals surface area (Å²) in [5.74, 6) is 5.37. The molecule has 3 heteroatoms. The molecule has 3 N–H and O–H groups in total. The highest BCUT2D eigenvalue weighted by Gasteiger charge is 2.58. The number of nitrogens with zero attached hydrogens (tertiary/aromatic N) is 1. The Hall–Kier alpha value is -1.09. The van der Waals surface area contributed by atoms with Crippen LogP contribution in [0.2, 0.25) is 0 Å². The van der Waals surface area contributed by atoms with Crippen molar-refractivity contribution in [3.63, 3.8) is 0 Å². The predicted molar refractivity (Wildman–Crippen MR) is 131 cm³/mol. The van der Waals surface area contributed by atoms with E-state index in [1.165, 1.54) is 64.2 Å². The Morgan fingerprint density at radius 3 is 2.56 bits per heavy atom. The summed E-state index contributed by atoms with van der Waals surface area (Å²) in [4.78, 5) is 4.82. The summed E-state index contributed by atoms with van der Waals surface area (Å²) in [5.41, 5.74) is 10.6. The number of aliphatic hydroxyl groups is 1. The maximum atomic E-state index is 10.3. The van der Waals surface area contributed by atoms with Crippen molar-refractivity contribution in [1.82, 2.24) is 0 Å². The molecule has 6 rings (SSSR count). The van der Waals surface area contributed by atoms with Crippen molar-refractivity contribution >= 4 is 5.84 Å². The van der Waals surface area contributed by atoms with E-state index in [0.29, 0.717) is 22.7 Å². The van der Waals surface area contributed by atoms with Crippen molar-refractivity contribution < 1.29 is 5.11 Å². The van der Waals surface area contributed by atoms with E-state index in [-0.39, 0.29) is 6.10 Å². The quantitative estimate of drug-likeness (QED) is 0.493. The third-order valence-corrected chi connectivity index (χ3v) is 11.6. The smallest absolute Gasteiger partial charge is 0.0971 e. The topological polar surface area (TPSA) is 58.6 Å². The third-order valence-electron chi connectivity index (χ3n) is 11.6. The number of amidine groups is 1. The Labute approximate surface area is 195 Å². The van der Waals surface area contributed by atoms with Gasteiger partial charge in [0.2, 0.25) is 0 Å². The largest absolute Gasteiger partial charge is 0.393 e. The molecular weight excluding hydrogens is 392 g/mol. The summed E-state index contributed by atoms with van der Waals surface area (Å²) < 4.78 is 0. The lowest BCUT2D eigenvalue weighted by Gasteiger charge is -2.58. The van der Waals surface area contributed by atoms with Gasteiger partial charge in [0.25, 0.3) is 0 Å². The van der Waals surface area contributed by atoms with Gasteiger partial charge in [-0.2, -0.15) is 0 Å². The molecule has 3 nitrogen and oxygen atoms in total. The Bertz CT molecular complexity index is 857. The van der Waals surface area contributed by atoms with Crippen LogP contribution in [-0.4, -0.2) is 23.6 Å². The molecule has 0 amide bonds. The predicted octanol–water partition coefficient (Wildman–Crippen LogP) is 6.03. The molecule has 0 aromatic heterocycles. The molecule has 0 spiro atoms. The molecule has 0 bridgehead atoms. The van der Waals surface area contributed by atoms with E-state index in [9.17, 15) is 5.11 Å². The Morgan fingerprint density at radius 2 is 1.69 bits per heavy atom. The lowest BCUT2D eigenvalue weighted by atomic mass is 9.46. The van der Waals surface area contributed by atoms with Gasteiger partial charge >= 0.3 is 0 Å². The third kappa shape index (κ3) is 3.05. The van der Waals surface area contributed by atoms with Crippen molar-refractivity contribution in [1.29, 1.82) is 0 Å². The van der Waals surface area contributed by atoms with Gasteiger partial charge in [0.1, 0.15) is 0 Å². The molecule has 0 aromatic rings. The van der Waals surface area contributed by atoms with Crippen molar-refractivity contribution in [2.45, 2.75) is 97.0 Å². The summed E-state index contributed by atoms with van der Waals surface area (Å²) in [6, 6.07) is 0. The van der Waals surface area contributed by atoms with Crippen molar-refractivity contribution in [2.24, 2.45) is 57.1 Å². The van der Waals surface area contributed by atoms with Crippen LogP contribution in [0.15, 0.2) is 28.3 Å². The van der Waals surface area contributed by atoms with E-state index < -0.39 is 0 Å². The summed E-state index contributed by atoms with van der Waals surface area (Å²) in [5, 5.41) is 10.3. The Kier molecular flexibility index (Phi) is 5.17. The summed E-state index contributed by atoms with van der Waals surface area (Å²) in [6.07, 6.45) is 20.1. The fraction of sp³-hybridized carbons (Fsp3) is 0.828. The lowest BCUT2D eigenvalue weighted by Crippen LogP contribution is -2.50. The molecule has 1 heterocycles. The highest BCUT2D eigenvalue weighted by Crippen LogP contribution is 2.66. The standard InChI is InChI=1S/C29H44N2O/c1-28-14-11-19(32)17-18(28)7-8-23-25-10-9-24(29(25,2)15-12-26(23)28)21-13-16-31-27(30)22-6-4-3-5-20(21)22/h7,9,19-23,25-26,32H,3-6,8,10-17H2,1-2H3,(H2,30,31)/t19-,20?,21?,22+,23?,25?,26?,28?,29+/m0/s1. The van der Waals surface area contributed by atoms with Crippen LogP contribution < -0.4 is 5.73 Å². The van der Waals surface area contributed by atoms with Gasteiger partial charge < -0.3 is 10.8 Å². The molecule has 0 saturated heterocycles. The fourth-order valence-corrected chi connectivity index (χ4v) is 9.88. The molecule has 5 aliphatic carbocycles. The van der Waals surface area contributed by atoms with Crippen LogP contribution in [0.1, 0.15) is 90.9 Å². The molecular formula is C29H44N2O. The van der Waals surface area contributed by atoms with E-state index in [1.54, 1.807) is 5.57 Å². The number of hydrogen-bond acceptors (Lipinski definition) is 3. The van der Waals surface area contributed by atoms with Crippen molar-refractivity contribution in [2.75, 3.05) is 6.54 Å². The van der Waals surface area contributed by atoms with Gasteiger partial charge in [0.05, 0.1) is 11.9 Å². The van der Waals surface area contributed by atoms with E-state index in [2.05, 4.69) is 26.0 Å². The molecule has 9 atom stereocenters. The minimum atomic E-state index is -0.104. The van der Waals surface area contributed by atoms with Gasteiger partial charge in [0, 0.05) is 12.5 Å². The van der Waals surface area contributed by atoms with Crippen LogP contribution in [0.3, 0.4) is 0 Å². The normalized spacial score (nSPS) is 50.6. The minimum Gasteiger partial charge on any atom is -0.393 e. The minimum absolute atomic E-state index is 0.104. The molecule has 176 valence electrons. The van der Waals surface area contributed by atoms with Crippen LogP contribution in [0.5, 0.6) is 0 Å². The first-order valence-corrected chi connectivity index (χ1v) is 13.8. The second kappa shape index (κ2) is 7.72. The van der Waals surface area contributed by atoms with Crippen molar-refractivity contribution in [3.05, 3.63) is 23.3 Å². The van der Waals surface area contributed by atoms with E-state index >= 15 is 0 Å². The first-order valence-electron chi connectivity index (χ1n) is 13.8. The molecule has 1 aliphatic heterocycles. The second-order valence-corrected chi connectivity index (χ2v) is 12.8. The monoisotopic (exact) mass is 436 g/mol. The number of aliphatic imine (C=N–C) groups is 1. The van der Waals surface area contributed by atoms with Gasteiger partial charge in [-0.25, -0.2) is 0 Å². The lowest BCUT2D eigenvalue weighted by molar-refractivity contribution is -0.0334. The summed E-state index contributed by atoms with van der Waals surface area (Å²) >= 11 is 0. The average molecular weight is 437 g/mol. The highest BCUT2D eigenvalue weighted by molar-refractivity contribution is 5.83. The highest BCUT2D eigenvalue weighted by atomic mass is 16.3. The van der Waals surface area contributed by atoms with Crippen LogP contribution >= 0.6 is 0 Å². The Morgan fingerprint density at radius 1 is 0.875 bits per heavy atom. The van der Waals surface area contributed by atoms with Gasteiger partial charge in [-0.3, -0.25) is 4.99 Å². The zero-order valence-corrected chi connectivity index (χ0v) is 20.4. The maximum Gasteiger partial charge on any atom is 0.0971 e. The van der Waals surface area contributed by atoms with Gasteiger partial charge in [-0.1, -0.05) is 50.0 Å². The molecule has 6 aliphatic rings. The number of fused-ring (bicyclic) bond motifs is 6. The number of hydrogen-bond donors (Lipinski definition) is 2. The van der Waals surface area contributed by atoms with E-state index in [0.717, 1.165) is 48.9 Å². The van der Waals surface area contributed by atoms with Gasteiger partial charge in [-0.15, -0.1) is 0 Å². The van der Waals surface area contributed by atoms with Crippen LogP contribution in [0.4, 0.5) is 0 Å².